The van der Waals surface area contributed by atoms with Gasteiger partial charge in [0.25, 0.3) is 0 Å². The molecule has 0 bridgehead atoms. The van der Waals surface area contributed by atoms with Crippen molar-refractivity contribution in [3.05, 3.63) is 66.0 Å². The number of nitrogens with one attached hydrogen (secondary N) is 1. The first-order valence-electron chi connectivity index (χ1n) is 7.73. The van der Waals surface area contributed by atoms with Crippen LogP contribution in [-0.2, 0) is 4.79 Å². The van der Waals surface area contributed by atoms with Crippen LogP contribution in [0.3, 0.4) is 0 Å². The molecule has 22 heavy (non-hydrogen) atoms. The summed E-state index contributed by atoms with van der Waals surface area (Å²) in [5.41, 5.74) is 2.20. The molecule has 0 unspecified atom stereocenters. The molecule has 2 atom stereocenters. The zero-order valence-electron chi connectivity index (χ0n) is 12.8. The van der Waals surface area contributed by atoms with Crippen LogP contribution < -0.4 is 5.32 Å². The van der Waals surface area contributed by atoms with E-state index in [-0.39, 0.29) is 17.9 Å². The minimum Gasteiger partial charge on any atom is -0.339 e. The van der Waals surface area contributed by atoms with E-state index < -0.39 is 0 Å². The predicted molar refractivity (Wildman–Crippen MR) is 86.4 cm³/mol. The van der Waals surface area contributed by atoms with Gasteiger partial charge in [-0.25, -0.2) is 0 Å². The van der Waals surface area contributed by atoms with Crippen LogP contribution in [0.25, 0.3) is 0 Å². The zero-order chi connectivity index (χ0) is 15.4. The molecule has 1 fully saturated rings. The maximum atomic E-state index is 12.8. The Hall–Kier alpha value is -2.20. The Bertz CT molecular complexity index is 615. The minimum absolute atomic E-state index is 0.103. The van der Waals surface area contributed by atoms with Gasteiger partial charge in [-0.1, -0.05) is 36.4 Å². The van der Waals surface area contributed by atoms with Gasteiger partial charge in [0, 0.05) is 32.0 Å². The molecule has 1 N–H and O–H groups in total. The molecule has 1 aliphatic heterocycles. The van der Waals surface area contributed by atoms with Gasteiger partial charge in [0.2, 0.25) is 5.91 Å². The molecule has 1 aromatic heterocycles. The number of pyridine rings is 1. The van der Waals surface area contributed by atoms with Gasteiger partial charge in [-0.05, 0) is 24.1 Å². The van der Waals surface area contributed by atoms with Gasteiger partial charge in [0.15, 0.2) is 0 Å². The summed E-state index contributed by atoms with van der Waals surface area (Å²) in [6.45, 7) is 4.25. The van der Waals surface area contributed by atoms with E-state index in [1.165, 1.54) is 0 Å². The quantitative estimate of drug-likeness (QED) is 0.945. The Morgan fingerprint density at radius 2 is 2.09 bits per heavy atom. The summed E-state index contributed by atoms with van der Waals surface area (Å²) >= 11 is 0. The molecule has 0 spiro atoms. The maximum absolute atomic E-state index is 12.8. The molecule has 0 saturated carbocycles. The van der Waals surface area contributed by atoms with Crippen LogP contribution in [0.1, 0.15) is 30.0 Å². The normalized spacial score (nSPS) is 19.7. The summed E-state index contributed by atoms with van der Waals surface area (Å²) in [6.07, 6.45) is 3.64. The fourth-order valence-electron chi connectivity index (χ4n) is 2.91. The van der Waals surface area contributed by atoms with Gasteiger partial charge in [-0.3, -0.25) is 9.78 Å². The van der Waals surface area contributed by atoms with Crippen LogP contribution in [0.4, 0.5) is 0 Å². The SMILES string of the molecule is C[C@H](C(=O)N1CCN[C@H](c2cccnc2)C1)c1ccccc1. The predicted octanol–water partition coefficient (Wildman–Crippen LogP) is 2.36. The smallest absolute Gasteiger partial charge is 0.229 e. The first kappa shape index (κ1) is 14.7. The Labute approximate surface area is 131 Å². The zero-order valence-corrected chi connectivity index (χ0v) is 12.8. The molecule has 1 aromatic carbocycles. The van der Waals surface area contributed by atoms with Crippen LogP contribution in [0.2, 0.25) is 0 Å². The van der Waals surface area contributed by atoms with Crippen LogP contribution in [-0.4, -0.2) is 35.4 Å². The van der Waals surface area contributed by atoms with Crippen molar-refractivity contribution in [1.82, 2.24) is 15.2 Å². The Morgan fingerprint density at radius 3 is 2.82 bits per heavy atom. The third-order valence-electron chi connectivity index (χ3n) is 4.24. The lowest BCUT2D eigenvalue weighted by Crippen LogP contribution is -2.49. The van der Waals surface area contributed by atoms with Crippen LogP contribution >= 0.6 is 0 Å². The molecule has 114 valence electrons. The molecule has 1 aliphatic rings. The monoisotopic (exact) mass is 295 g/mol. The lowest BCUT2D eigenvalue weighted by Gasteiger charge is -2.35. The third-order valence-corrected chi connectivity index (χ3v) is 4.24. The van der Waals surface area contributed by atoms with Gasteiger partial charge in [0.1, 0.15) is 0 Å². The Balaban J connectivity index is 1.70. The van der Waals surface area contributed by atoms with Gasteiger partial charge in [-0.2, -0.15) is 0 Å². The number of rotatable bonds is 3. The van der Waals surface area contributed by atoms with Crippen molar-refractivity contribution in [3.63, 3.8) is 0 Å². The standard InChI is InChI=1S/C18H21N3O/c1-14(15-6-3-2-4-7-15)18(22)21-11-10-20-17(13-21)16-8-5-9-19-12-16/h2-9,12,14,17,20H,10-11,13H2,1H3/t14-,17-/m0/s1. The average Bonchev–Trinajstić information content (AvgIpc) is 2.62. The van der Waals surface area contributed by atoms with Crippen molar-refractivity contribution in [1.29, 1.82) is 0 Å². The molecule has 3 rings (SSSR count). The van der Waals surface area contributed by atoms with E-state index >= 15 is 0 Å². The van der Waals surface area contributed by atoms with Crippen molar-refractivity contribution in [2.45, 2.75) is 18.9 Å². The highest BCUT2D eigenvalue weighted by atomic mass is 16.2. The number of nitrogens with zero attached hydrogens (tertiary/aromatic N) is 2. The highest BCUT2D eigenvalue weighted by Crippen LogP contribution is 2.22. The number of carbonyl (C=O) groups is 1. The van der Waals surface area contributed by atoms with E-state index in [2.05, 4.69) is 16.4 Å². The molecule has 0 aliphatic carbocycles. The summed E-state index contributed by atoms with van der Waals surface area (Å²) in [6, 6.07) is 14.1. The number of piperazine rings is 1. The third kappa shape index (κ3) is 3.17. The molecule has 1 saturated heterocycles. The number of hydrogen-bond donors (Lipinski definition) is 1. The maximum Gasteiger partial charge on any atom is 0.229 e. The lowest BCUT2D eigenvalue weighted by atomic mass is 9.98. The largest absolute Gasteiger partial charge is 0.339 e. The topological polar surface area (TPSA) is 45.2 Å². The number of hydrogen-bond acceptors (Lipinski definition) is 3. The summed E-state index contributed by atoms with van der Waals surface area (Å²) in [4.78, 5) is 18.9. The Morgan fingerprint density at radius 1 is 1.27 bits per heavy atom. The average molecular weight is 295 g/mol. The van der Waals surface area contributed by atoms with E-state index in [0.717, 1.165) is 24.2 Å². The van der Waals surface area contributed by atoms with E-state index in [4.69, 9.17) is 0 Å². The number of carbonyl (C=O) groups excluding carboxylic acids is 1. The molecular weight excluding hydrogens is 274 g/mol. The van der Waals surface area contributed by atoms with Gasteiger partial charge in [0.05, 0.1) is 12.0 Å². The summed E-state index contributed by atoms with van der Waals surface area (Å²) in [7, 11) is 0. The lowest BCUT2D eigenvalue weighted by molar-refractivity contribution is -0.133. The van der Waals surface area contributed by atoms with Crippen molar-refractivity contribution >= 4 is 5.91 Å². The summed E-state index contributed by atoms with van der Waals surface area (Å²) in [5, 5.41) is 3.47. The molecule has 0 radical (unpaired) electrons. The second-order valence-corrected chi connectivity index (χ2v) is 5.71. The van der Waals surface area contributed by atoms with Crippen molar-refractivity contribution in [2.24, 2.45) is 0 Å². The number of benzene rings is 1. The van der Waals surface area contributed by atoms with Crippen LogP contribution in [0.15, 0.2) is 54.9 Å². The van der Waals surface area contributed by atoms with Crippen molar-refractivity contribution in [2.75, 3.05) is 19.6 Å². The number of aromatic nitrogens is 1. The fourth-order valence-corrected chi connectivity index (χ4v) is 2.91. The van der Waals surface area contributed by atoms with Gasteiger partial charge in [-0.15, -0.1) is 0 Å². The second-order valence-electron chi connectivity index (χ2n) is 5.71. The number of amides is 1. The first-order chi connectivity index (χ1) is 10.8. The molecule has 4 heteroatoms. The first-order valence-corrected chi connectivity index (χ1v) is 7.73. The Kier molecular flexibility index (Phi) is 4.49. The van der Waals surface area contributed by atoms with Gasteiger partial charge < -0.3 is 10.2 Å². The molecule has 2 aromatic rings. The highest BCUT2D eigenvalue weighted by Gasteiger charge is 2.27. The van der Waals surface area contributed by atoms with E-state index in [1.54, 1.807) is 6.20 Å². The van der Waals surface area contributed by atoms with Crippen LogP contribution in [0, 0.1) is 0 Å². The minimum atomic E-state index is -0.103. The van der Waals surface area contributed by atoms with Crippen molar-refractivity contribution in [3.8, 4) is 0 Å². The molecule has 4 nitrogen and oxygen atoms in total. The van der Waals surface area contributed by atoms with Gasteiger partial charge >= 0.3 is 0 Å². The summed E-state index contributed by atoms with van der Waals surface area (Å²) < 4.78 is 0. The second kappa shape index (κ2) is 6.71. The van der Waals surface area contributed by atoms with Crippen LogP contribution in [0.5, 0.6) is 0 Å². The molecular formula is C18H21N3O. The van der Waals surface area contributed by atoms with E-state index in [1.807, 2.05) is 54.4 Å². The van der Waals surface area contributed by atoms with E-state index in [9.17, 15) is 4.79 Å². The highest BCUT2D eigenvalue weighted by molar-refractivity contribution is 5.83. The fraction of sp³-hybridized carbons (Fsp3) is 0.333. The molecule has 2 heterocycles. The molecule has 1 amide bonds. The van der Waals surface area contributed by atoms with Crippen molar-refractivity contribution < 1.29 is 4.79 Å². The van der Waals surface area contributed by atoms with E-state index in [0.29, 0.717) is 6.54 Å². The summed E-state index contributed by atoms with van der Waals surface area (Å²) in [5.74, 6) is 0.0930.